The maximum Gasteiger partial charge on any atom is 0.161 e. The van der Waals surface area contributed by atoms with Gasteiger partial charge >= 0.3 is 0 Å². The molecule has 50 valence electrons. The SMILES string of the molecule is BrC(Br)(Br)c1cc[nH]c1. The summed E-state index contributed by atoms with van der Waals surface area (Å²) in [6.07, 6.45) is 3.77. The molecule has 0 aliphatic rings. The van der Waals surface area contributed by atoms with Crippen LogP contribution in [0, 0.1) is 0 Å². The smallest absolute Gasteiger partial charge is 0.161 e. The molecule has 0 fully saturated rings. The number of aromatic amines is 1. The van der Waals surface area contributed by atoms with E-state index in [2.05, 4.69) is 52.8 Å². The van der Waals surface area contributed by atoms with Gasteiger partial charge in [-0.25, -0.2) is 0 Å². The summed E-state index contributed by atoms with van der Waals surface area (Å²) >= 11 is 10.1. The second-order valence-electron chi connectivity index (χ2n) is 1.60. The van der Waals surface area contributed by atoms with E-state index < -0.39 is 0 Å². The van der Waals surface area contributed by atoms with E-state index in [9.17, 15) is 0 Å². The molecule has 0 atom stereocenters. The van der Waals surface area contributed by atoms with Crippen molar-refractivity contribution in [1.29, 1.82) is 0 Å². The predicted octanol–water partition coefficient (Wildman–Crippen LogP) is 3.31. The van der Waals surface area contributed by atoms with Crippen LogP contribution in [0.15, 0.2) is 18.5 Å². The minimum Gasteiger partial charge on any atom is -0.367 e. The van der Waals surface area contributed by atoms with Crippen molar-refractivity contribution in [3.8, 4) is 0 Å². The summed E-state index contributed by atoms with van der Waals surface area (Å²) in [6.45, 7) is 0. The molecule has 0 radical (unpaired) electrons. The second-order valence-corrected chi connectivity index (χ2v) is 8.36. The van der Waals surface area contributed by atoms with Gasteiger partial charge in [0.15, 0.2) is 2.14 Å². The molecular formula is C5H4Br3N. The van der Waals surface area contributed by atoms with Gasteiger partial charge in [-0.3, -0.25) is 0 Å². The normalized spacial score (nSPS) is 11.9. The van der Waals surface area contributed by atoms with Crippen LogP contribution in [0.25, 0.3) is 0 Å². The van der Waals surface area contributed by atoms with Gasteiger partial charge in [0.2, 0.25) is 0 Å². The molecule has 1 nitrogen and oxygen atoms in total. The molecule has 1 rings (SSSR count). The number of alkyl halides is 3. The summed E-state index contributed by atoms with van der Waals surface area (Å²) in [7, 11) is 0. The summed E-state index contributed by atoms with van der Waals surface area (Å²) in [5.74, 6) is 0. The van der Waals surface area contributed by atoms with Gasteiger partial charge in [0.25, 0.3) is 0 Å². The van der Waals surface area contributed by atoms with E-state index in [4.69, 9.17) is 0 Å². The van der Waals surface area contributed by atoms with Crippen LogP contribution < -0.4 is 0 Å². The fraction of sp³-hybridized carbons (Fsp3) is 0.200. The molecule has 0 spiro atoms. The van der Waals surface area contributed by atoms with Crippen LogP contribution in [0.4, 0.5) is 0 Å². The molecule has 0 saturated heterocycles. The van der Waals surface area contributed by atoms with Crippen molar-refractivity contribution in [1.82, 2.24) is 4.98 Å². The van der Waals surface area contributed by atoms with E-state index in [0.717, 1.165) is 5.56 Å². The molecule has 0 unspecified atom stereocenters. The van der Waals surface area contributed by atoms with Gasteiger partial charge in [0, 0.05) is 18.0 Å². The molecule has 0 aromatic carbocycles. The van der Waals surface area contributed by atoms with Crippen LogP contribution >= 0.6 is 47.8 Å². The fourth-order valence-electron chi connectivity index (χ4n) is 0.500. The zero-order valence-corrected chi connectivity index (χ0v) is 9.12. The fourth-order valence-corrected chi connectivity index (χ4v) is 1.24. The number of halogens is 3. The Bertz CT molecular complexity index is 175. The first-order valence-corrected chi connectivity index (χ1v) is 4.68. The van der Waals surface area contributed by atoms with E-state index in [1.807, 2.05) is 18.5 Å². The highest BCUT2D eigenvalue weighted by atomic mass is 80.0. The largest absolute Gasteiger partial charge is 0.367 e. The summed E-state index contributed by atoms with van der Waals surface area (Å²) < 4.78 is -0.271. The van der Waals surface area contributed by atoms with Crippen LogP contribution in [0.5, 0.6) is 0 Å². The van der Waals surface area contributed by atoms with Crippen molar-refractivity contribution >= 4 is 47.8 Å². The molecular weight excluding hydrogens is 314 g/mol. The molecule has 0 bridgehead atoms. The van der Waals surface area contributed by atoms with Crippen molar-refractivity contribution in [2.45, 2.75) is 2.14 Å². The van der Waals surface area contributed by atoms with Gasteiger partial charge in [0.05, 0.1) is 0 Å². The van der Waals surface area contributed by atoms with Crippen LogP contribution in [0.2, 0.25) is 0 Å². The number of hydrogen-bond donors (Lipinski definition) is 1. The highest BCUT2D eigenvalue weighted by Gasteiger charge is 2.20. The van der Waals surface area contributed by atoms with Gasteiger partial charge in [0.1, 0.15) is 0 Å². The van der Waals surface area contributed by atoms with E-state index in [1.54, 1.807) is 0 Å². The van der Waals surface area contributed by atoms with Crippen LogP contribution in [-0.4, -0.2) is 4.98 Å². The number of H-pyrrole nitrogens is 1. The molecule has 1 N–H and O–H groups in total. The molecule has 0 aliphatic carbocycles. The third-order valence-electron chi connectivity index (χ3n) is 0.925. The van der Waals surface area contributed by atoms with E-state index in [0.29, 0.717) is 0 Å². The first-order chi connectivity index (χ1) is 4.11. The molecule has 0 aliphatic heterocycles. The monoisotopic (exact) mass is 315 g/mol. The topological polar surface area (TPSA) is 15.8 Å². The molecule has 9 heavy (non-hydrogen) atoms. The van der Waals surface area contributed by atoms with Crippen molar-refractivity contribution in [3.63, 3.8) is 0 Å². The zero-order valence-electron chi connectivity index (χ0n) is 4.37. The van der Waals surface area contributed by atoms with Gasteiger partial charge in [-0.05, 0) is 6.07 Å². The Kier molecular flexibility index (Phi) is 2.40. The molecule has 1 aromatic rings. The van der Waals surface area contributed by atoms with Crippen molar-refractivity contribution in [3.05, 3.63) is 24.0 Å². The maximum atomic E-state index is 3.38. The van der Waals surface area contributed by atoms with Crippen LogP contribution in [-0.2, 0) is 2.14 Å². The summed E-state index contributed by atoms with van der Waals surface area (Å²) in [4.78, 5) is 2.95. The quantitative estimate of drug-likeness (QED) is 0.707. The van der Waals surface area contributed by atoms with Gasteiger partial charge in [-0.15, -0.1) is 0 Å². The van der Waals surface area contributed by atoms with Crippen molar-refractivity contribution in [2.75, 3.05) is 0 Å². The third kappa shape index (κ3) is 2.09. The summed E-state index contributed by atoms with van der Waals surface area (Å²) in [6, 6.07) is 1.97. The first-order valence-electron chi connectivity index (χ1n) is 2.30. The Labute approximate surface area is 78.6 Å². The van der Waals surface area contributed by atoms with Gasteiger partial charge in [-0.1, -0.05) is 47.8 Å². The average molecular weight is 318 g/mol. The molecule has 1 aromatic heterocycles. The number of aromatic nitrogens is 1. The minimum absolute atomic E-state index is 0.271. The average Bonchev–Trinajstić information content (AvgIpc) is 2.08. The molecule has 1 heterocycles. The highest BCUT2D eigenvalue weighted by molar-refractivity contribution is 9.38. The third-order valence-corrected chi connectivity index (χ3v) is 2.30. The Morgan fingerprint density at radius 1 is 1.33 bits per heavy atom. The van der Waals surface area contributed by atoms with Crippen LogP contribution in [0.1, 0.15) is 5.56 Å². The first kappa shape index (κ1) is 7.82. The standard InChI is InChI=1S/C5H4Br3N/c6-5(7,8)4-1-2-9-3-4/h1-3,9H. The lowest BCUT2D eigenvalue weighted by Crippen LogP contribution is -1.93. The van der Waals surface area contributed by atoms with Crippen molar-refractivity contribution in [2.24, 2.45) is 0 Å². The van der Waals surface area contributed by atoms with Gasteiger partial charge < -0.3 is 4.98 Å². The number of nitrogens with one attached hydrogen (secondary N) is 1. The Morgan fingerprint density at radius 2 is 2.00 bits per heavy atom. The highest BCUT2D eigenvalue weighted by Crippen LogP contribution is 2.43. The Balaban J connectivity index is 2.90. The Morgan fingerprint density at radius 3 is 2.22 bits per heavy atom. The molecule has 0 amide bonds. The Hall–Kier alpha value is 0.720. The lowest BCUT2D eigenvalue weighted by atomic mass is 10.4. The second kappa shape index (κ2) is 2.76. The summed E-state index contributed by atoms with van der Waals surface area (Å²) in [5.41, 5.74) is 1.11. The maximum absolute atomic E-state index is 3.38. The minimum atomic E-state index is -0.271. The summed E-state index contributed by atoms with van der Waals surface area (Å²) in [5, 5.41) is 0. The van der Waals surface area contributed by atoms with Crippen molar-refractivity contribution < 1.29 is 0 Å². The lowest BCUT2D eigenvalue weighted by Gasteiger charge is -2.07. The number of hydrogen-bond acceptors (Lipinski definition) is 0. The van der Waals surface area contributed by atoms with E-state index in [-0.39, 0.29) is 2.14 Å². The molecule has 4 heteroatoms. The zero-order chi connectivity index (χ0) is 6.91. The van der Waals surface area contributed by atoms with E-state index in [1.165, 1.54) is 0 Å². The lowest BCUT2D eigenvalue weighted by molar-refractivity contribution is 1.35. The predicted molar refractivity (Wildman–Crippen MR) is 49.3 cm³/mol. The van der Waals surface area contributed by atoms with Gasteiger partial charge in [-0.2, -0.15) is 0 Å². The number of rotatable bonds is 0. The molecule has 0 saturated carbocycles. The van der Waals surface area contributed by atoms with E-state index >= 15 is 0 Å². The van der Waals surface area contributed by atoms with Crippen LogP contribution in [0.3, 0.4) is 0 Å².